The van der Waals surface area contributed by atoms with Crippen LogP contribution < -0.4 is 5.32 Å². The van der Waals surface area contributed by atoms with Gasteiger partial charge in [-0.3, -0.25) is 0 Å². The van der Waals surface area contributed by atoms with E-state index in [1.807, 2.05) is 13.0 Å². The van der Waals surface area contributed by atoms with Gasteiger partial charge in [0.2, 0.25) is 0 Å². The summed E-state index contributed by atoms with van der Waals surface area (Å²) in [5.41, 5.74) is 1.64. The van der Waals surface area contributed by atoms with Gasteiger partial charge < -0.3 is 5.32 Å². The minimum Gasteiger partial charge on any atom is -0.380 e. The van der Waals surface area contributed by atoms with Crippen molar-refractivity contribution < 1.29 is 4.39 Å². The molecule has 84 valence electrons. The first-order chi connectivity index (χ1) is 7.19. The Morgan fingerprint density at radius 3 is 2.60 bits per heavy atom. The van der Waals surface area contributed by atoms with Crippen molar-refractivity contribution in [2.45, 2.75) is 46.1 Å². The SMILES string of the molecule is CCCC(CC)Nc1c(C)cccc1F. The maximum atomic E-state index is 13.5. The van der Waals surface area contributed by atoms with Gasteiger partial charge in [-0.2, -0.15) is 0 Å². The topological polar surface area (TPSA) is 12.0 Å². The molecule has 0 amide bonds. The average Bonchev–Trinajstić information content (AvgIpc) is 2.22. The molecular weight excluding hydrogens is 189 g/mol. The highest BCUT2D eigenvalue weighted by Crippen LogP contribution is 2.21. The summed E-state index contributed by atoms with van der Waals surface area (Å²) in [6, 6.07) is 5.57. The number of hydrogen-bond donors (Lipinski definition) is 1. The number of halogens is 1. The molecule has 0 fully saturated rings. The first-order valence-corrected chi connectivity index (χ1v) is 5.70. The van der Waals surface area contributed by atoms with Crippen LogP contribution >= 0.6 is 0 Å². The number of aryl methyl sites for hydroxylation is 1. The highest BCUT2D eigenvalue weighted by atomic mass is 19.1. The van der Waals surface area contributed by atoms with E-state index >= 15 is 0 Å². The van der Waals surface area contributed by atoms with Gasteiger partial charge in [0, 0.05) is 6.04 Å². The zero-order valence-corrected chi connectivity index (χ0v) is 9.81. The van der Waals surface area contributed by atoms with Gasteiger partial charge in [-0.05, 0) is 31.4 Å². The van der Waals surface area contributed by atoms with Crippen molar-refractivity contribution in [1.82, 2.24) is 0 Å². The molecule has 15 heavy (non-hydrogen) atoms. The summed E-state index contributed by atoms with van der Waals surface area (Å²) < 4.78 is 13.5. The molecule has 1 N–H and O–H groups in total. The number of anilines is 1. The van der Waals surface area contributed by atoms with Gasteiger partial charge in [-0.1, -0.05) is 32.4 Å². The van der Waals surface area contributed by atoms with Crippen molar-refractivity contribution in [2.75, 3.05) is 5.32 Å². The number of nitrogens with one attached hydrogen (secondary N) is 1. The van der Waals surface area contributed by atoms with Crippen molar-refractivity contribution in [2.24, 2.45) is 0 Å². The quantitative estimate of drug-likeness (QED) is 0.769. The van der Waals surface area contributed by atoms with Crippen LogP contribution in [0.25, 0.3) is 0 Å². The standard InChI is InChI=1S/C13H20FN/c1-4-7-11(5-2)15-13-10(3)8-6-9-12(13)14/h6,8-9,11,15H,4-5,7H2,1-3H3. The molecular formula is C13H20FN. The van der Waals surface area contributed by atoms with E-state index in [2.05, 4.69) is 19.2 Å². The van der Waals surface area contributed by atoms with E-state index in [0.29, 0.717) is 11.7 Å². The zero-order valence-electron chi connectivity index (χ0n) is 9.81. The predicted octanol–water partition coefficient (Wildman–Crippen LogP) is 4.12. The molecule has 0 aliphatic heterocycles. The van der Waals surface area contributed by atoms with Gasteiger partial charge in [0.15, 0.2) is 0 Å². The second-order valence-electron chi connectivity index (χ2n) is 3.97. The highest BCUT2D eigenvalue weighted by molar-refractivity contribution is 5.52. The van der Waals surface area contributed by atoms with Crippen molar-refractivity contribution in [3.63, 3.8) is 0 Å². The normalized spacial score (nSPS) is 12.5. The van der Waals surface area contributed by atoms with E-state index in [9.17, 15) is 4.39 Å². The van der Waals surface area contributed by atoms with Crippen LogP contribution in [0.1, 0.15) is 38.7 Å². The Kier molecular flexibility index (Phi) is 4.60. The Bertz CT molecular complexity index is 289. The highest BCUT2D eigenvalue weighted by Gasteiger charge is 2.09. The maximum absolute atomic E-state index is 13.5. The molecule has 0 aromatic heterocycles. The summed E-state index contributed by atoms with van der Waals surface area (Å²) in [5, 5.41) is 3.29. The van der Waals surface area contributed by atoms with Crippen LogP contribution in [-0.4, -0.2) is 6.04 Å². The lowest BCUT2D eigenvalue weighted by Gasteiger charge is -2.19. The van der Waals surface area contributed by atoms with Crippen molar-refractivity contribution >= 4 is 5.69 Å². The molecule has 0 heterocycles. The lowest BCUT2D eigenvalue weighted by molar-refractivity contribution is 0.598. The Labute approximate surface area is 91.7 Å². The van der Waals surface area contributed by atoms with Gasteiger partial charge in [-0.25, -0.2) is 4.39 Å². The van der Waals surface area contributed by atoms with Crippen LogP contribution in [0.15, 0.2) is 18.2 Å². The number of hydrogen-bond acceptors (Lipinski definition) is 1. The molecule has 0 aliphatic carbocycles. The average molecular weight is 209 g/mol. The van der Waals surface area contributed by atoms with Crippen molar-refractivity contribution in [3.8, 4) is 0 Å². The van der Waals surface area contributed by atoms with Crippen LogP contribution in [0.2, 0.25) is 0 Å². The fourth-order valence-electron chi connectivity index (χ4n) is 1.75. The third kappa shape index (κ3) is 3.22. The Balaban J connectivity index is 2.78. The van der Waals surface area contributed by atoms with Crippen LogP contribution in [0, 0.1) is 12.7 Å². The summed E-state index contributed by atoms with van der Waals surface area (Å²) in [6.07, 6.45) is 3.24. The van der Waals surface area contributed by atoms with Crippen LogP contribution in [0.3, 0.4) is 0 Å². The lowest BCUT2D eigenvalue weighted by Crippen LogP contribution is -2.19. The molecule has 1 aromatic rings. The van der Waals surface area contributed by atoms with Crippen molar-refractivity contribution in [1.29, 1.82) is 0 Å². The summed E-state index contributed by atoms with van der Waals surface area (Å²) in [7, 11) is 0. The van der Waals surface area contributed by atoms with E-state index in [1.165, 1.54) is 6.07 Å². The van der Waals surface area contributed by atoms with E-state index < -0.39 is 0 Å². The molecule has 1 unspecified atom stereocenters. The molecule has 0 spiro atoms. The Morgan fingerprint density at radius 2 is 2.07 bits per heavy atom. The van der Waals surface area contributed by atoms with Crippen LogP contribution in [0.5, 0.6) is 0 Å². The van der Waals surface area contributed by atoms with Crippen molar-refractivity contribution in [3.05, 3.63) is 29.6 Å². The molecule has 2 heteroatoms. The number of rotatable bonds is 5. The molecule has 0 saturated carbocycles. The third-order valence-electron chi connectivity index (χ3n) is 2.70. The predicted molar refractivity (Wildman–Crippen MR) is 63.7 cm³/mol. The van der Waals surface area contributed by atoms with Crippen LogP contribution in [-0.2, 0) is 0 Å². The zero-order chi connectivity index (χ0) is 11.3. The third-order valence-corrected chi connectivity index (χ3v) is 2.70. The van der Waals surface area contributed by atoms with E-state index in [4.69, 9.17) is 0 Å². The molecule has 1 aromatic carbocycles. The largest absolute Gasteiger partial charge is 0.380 e. The van der Waals surface area contributed by atoms with Gasteiger partial charge >= 0.3 is 0 Å². The summed E-state index contributed by atoms with van der Waals surface area (Å²) in [6.45, 7) is 6.21. The first-order valence-electron chi connectivity index (χ1n) is 5.70. The monoisotopic (exact) mass is 209 g/mol. The van der Waals surface area contributed by atoms with Gasteiger partial charge in [0.1, 0.15) is 5.82 Å². The minimum atomic E-state index is -0.149. The lowest BCUT2D eigenvalue weighted by atomic mass is 10.1. The summed E-state index contributed by atoms with van der Waals surface area (Å²) in [5.74, 6) is -0.149. The second-order valence-corrected chi connectivity index (χ2v) is 3.97. The number of para-hydroxylation sites is 1. The van der Waals surface area contributed by atoms with E-state index in [-0.39, 0.29) is 5.82 Å². The van der Waals surface area contributed by atoms with E-state index in [1.54, 1.807) is 6.07 Å². The number of benzene rings is 1. The fourth-order valence-corrected chi connectivity index (χ4v) is 1.75. The van der Waals surface area contributed by atoms with Crippen LogP contribution in [0.4, 0.5) is 10.1 Å². The molecule has 0 radical (unpaired) electrons. The molecule has 1 rings (SSSR count). The minimum absolute atomic E-state index is 0.149. The Hall–Kier alpha value is -1.05. The Morgan fingerprint density at radius 1 is 1.33 bits per heavy atom. The second kappa shape index (κ2) is 5.74. The van der Waals surface area contributed by atoms with E-state index in [0.717, 1.165) is 24.8 Å². The fraction of sp³-hybridized carbons (Fsp3) is 0.538. The summed E-state index contributed by atoms with van der Waals surface area (Å²) in [4.78, 5) is 0. The molecule has 0 bridgehead atoms. The molecule has 1 atom stereocenters. The summed E-state index contributed by atoms with van der Waals surface area (Å²) >= 11 is 0. The first kappa shape index (κ1) is 12.0. The van der Waals surface area contributed by atoms with Gasteiger partial charge in [0.05, 0.1) is 5.69 Å². The molecule has 0 saturated heterocycles. The molecule has 0 aliphatic rings. The van der Waals surface area contributed by atoms with Gasteiger partial charge in [0.25, 0.3) is 0 Å². The van der Waals surface area contributed by atoms with Gasteiger partial charge in [-0.15, -0.1) is 0 Å². The molecule has 1 nitrogen and oxygen atoms in total. The smallest absolute Gasteiger partial charge is 0.146 e. The maximum Gasteiger partial charge on any atom is 0.146 e.